The van der Waals surface area contributed by atoms with E-state index in [1.54, 1.807) is 18.2 Å². The van der Waals surface area contributed by atoms with Crippen LogP contribution in [0, 0.1) is 22.0 Å². The maximum Gasteiger partial charge on any atom is 0.312 e. The minimum atomic E-state index is -2.71. The predicted octanol–water partition coefficient (Wildman–Crippen LogP) is 1.39. The number of hydrogen-bond donors (Lipinski definition) is 5. The van der Waals surface area contributed by atoms with Gasteiger partial charge < -0.3 is 26.2 Å². The van der Waals surface area contributed by atoms with Crippen molar-refractivity contribution in [1.29, 1.82) is 0 Å². The van der Waals surface area contributed by atoms with Gasteiger partial charge in [-0.1, -0.05) is 6.07 Å². The van der Waals surface area contributed by atoms with Gasteiger partial charge in [0.05, 0.1) is 16.2 Å². The molecule has 0 spiro atoms. The normalized spacial score (nSPS) is 25.2. The molecule has 1 amide bonds. The molecule has 1 fully saturated rings. The van der Waals surface area contributed by atoms with Gasteiger partial charge in [0.2, 0.25) is 11.5 Å². The van der Waals surface area contributed by atoms with E-state index in [0.29, 0.717) is 11.3 Å². The second-order valence-corrected chi connectivity index (χ2v) is 9.02. The van der Waals surface area contributed by atoms with Gasteiger partial charge in [0, 0.05) is 35.7 Å². The first-order valence-corrected chi connectivity index (χ1v) is 10.9. The number of Topliss-reactive ketones (excluding diaryl/α,β-unsaturated/α-hetero) is 2. The van der Waals surface area contributed by atoms with Crippen LogP contribution in [0.15, 0.2) is 47.4 Å². The fourth-order valence-electron chi connectivity index (χ4n) is 5.56. The van der Waals surface area contributed by atoms with E-state index in [0.717, 1.165) is 6.07 Å². The van der Waals surface area contributed by atoms with E-state index in [1.807, 2.05) is 0 Å². The number of phenolic OH excluding ortho intramolecular Hbond substituents is 1. The molecule has 184 valence electrons. The highest BCUT2D eigenvalue weighted by molar-refractivity contribution is 6.22. The maximum atomic E-state index is 13.6. The Kier molecular flexibility index (Phi) is 4.97. The van der Waals surface area contributed by atoms with Crippen LogP contribution in [0.4, 0.5) is 5.69 Å². The topological polar surface area (TPSA) is 214 Å². The number of benzene rings is 1. The van der Waals surface area contributed by atoms with Crippen molar-refractivity contribution in [2.24, 2.45) is 17.6 Å². The van der Waals surface area contributed by atoms with Crippen molar-refractivity contribution in [3.05, 3.63) is 68.6 Å². The number of nitro groups is 1. The molecule has 0 aliphatic heterocycles. The summed E-state index contributed by atoms with van der Waals surface area (Å²) in [5, 5.41) is 55.5. The number of pyridine rings is 1. The van der Waals surface area contributed by atoms with Gasteiger partial charge in [0.25, 0.3) is 5.91 Å². The lowest BCUT2D eigenvalue weighted by Gasteiger charge is -2.46. The number of primary amides is 1. The number of aliphatic hydroxyl groups excluding tert-OH is 2. The second-order valence-electron chi connectivity index (χ2n) is 9.02. The molecule has 1 aromatic carbocycles. The van der Waals surface area contributed by atoms with E-state index in [4.69, 9.17) is 5.73 Å². The highest BCUT2D eigenvalue weighted by Crippen LogP contribution is 2.54. The number of carbonyl (C=O) groups excluding carboxylic acids is 3. The molecule has 1 saturated carbocycles. The number of rotatable bonds is 3. The Hall–Kier alpha value is -4.58. The SMILES string of the molecule is NC(=O)C1=C(O)[C@@]2(O)C(=O)C3=C(O)c4c(O)c([N+](=O)[O-])cc(-c5ccccn5)c4C[C@H]3C[C@H]2CC1=O. The van der Waals surface area contributed by atoms with Crippen molar-refractivity contribution < 1.29 is 39.7 Å². The van der Waals surface area contributed by atoms with Gasteiger partial charge in [-0.3, -0.25) is 29.5 Å². The number of nitrogens with two attached hydrogens (primary N) is 1. The third-order valence-corrected chi connectivity index (χ3v) is 7.18. The first-order valence-electron chi connectivity index (χ1n) is 10.9. The standard InChI is InChI=1S/C24H19N3O9/c25-23(33)18-15(28)7-10-5-9-6-12-11(13-3-1-2-4-26-13)8-14(27(35)36)19(29)17(12)20(30)16(9)21(31)24(10,34)22(18)32/h1-4,8-10,29-30,32,34H,5-7H2,(H2,25,33)/t9-,10+,24+/m1/s1. The summed E-state index contributed by atoms with van der Waals surface area (Å²) < 4.78 is 0. The Morgan fingerprint density at radius 1 is 1.19 bits per heavy atom. The zero-order chi connectivity index (χ0) is 26.1. The number of aromatic hydroxyl groups is 1. The zero-order valence-electron chi connectivity index (χ0n) is 18.5. The van der Waals surface area contributed by atoms with Gasteiger partial charge in [-0.15, -0.1) is 0 Å². The van der Waals surface area contributed by atoms with E-state index in [1.165, 1.54) is 6.20 Å². The van der Waals surface area contributed by atoms with Crippen LogP contribution < -0.4 is 5.73 Å². The van der Waals surface area contributed by atoms with Gasteiger partial charge in [0.1, 0.15) is 17.1 Å². The van der Waals surface area contributed by atoms with Gasteiger partial charge in [-0.05, 0) is 36.5 Å². The number of hydrogen-bond acceptors (Lipinski definition) is 10. The van der Waals surface area contributed by atoms with E-state index < -0.39 is 74.8 Å². The highest BCUT2D eigenvalue weighted by Gasteiger charge is 2.60. The van der Waals surface area contributed by atoms with Crippen LogP contribution in [-0.2, 0) is 20.8 Å². The molecule has 0 unspecified atom stereocenters. The second kappa shape index (κ2) is 7.71. The lowest BCUT2D eigenvalue weighted by molar-refractivity contribution is -0.385. The number of nitro benzene ring substituents is 1. The molecule has 0 radical (unpaired) electrons. The number of carbonyl (C=O) groups is 3. The highest BCUT2D eigenvalue weighted by atomic mass is 16.6. The minimum absolute atomic E-state index is 0.00581. The zero-order valence-corrected chi connectivity index (χ0v) is 18.5. The van der Waals surface area contributed by atoms with Crippen LogP contribution in [0.2, 0.25) is 0 Å². The number of aliphatic hydroxyl groups is 3. The number of ketones is 2. The van der Waals surface area contributed by atoms with Crippen molar-refractivity contribution in [2.45, 2.75) is 24.9 Å². The minimum Gasteiger partial charge on any atom is -0.508 e. The summed E-state index contributed by atoms with van der Waals surface area (Å²) in [6.45, 7) is 0. The smallest absolute Gasteiger partial charge is 0.312 e. The predicted molar refractivity (Wildman–Crippen MR) is 121 cm³/mol. The average Bonchev–Trinajstić information content (AvgIpc) is 2.81. The lowest BCUT2D eigenvalue weighted by Crippen LogP contribution is -2.58. The number of fused-ring (bicyclic) bond motifs is 3. The fourth-order valence-corrected chi connectivity index (χ4v) is 5.56. The molecule has 36 heavy (non-hydrogen) atoms. The van der Waals surface area contributed by atoms with Crippen molar-refractivity contribution in [1.82, 2.24) is 4.98 Å². The molecular weight excluding hydrogens is 474 g/mol. The summed E-state index contributed by atoms with van der Waals surface area (Å²) in [6.07, 6.45) is 0.975. The maximum absolute atomic E-state index is 13.6. The quantitative estimate of drug-likeness (QED) is 0.235. The molecule has 0 saturated heterocycles. The monoisotopic (exact) mass is 493 g/mol. The molecule has 12 heteroatoms. The van der Waals surface area contributed by atoms with Crippen LogP contribution in [0.1, 0.15) is 24.0 Å². The Labute approximate surface area is 202 Å². The molecule has 3 aliphatic rings. The molecule has 5 rings (SSSR count). The Bertz CT molecular complexity index is 1460. The number of aromatic nitrogens is 1. The molecule has 3 atom stereocenters. The molecular formula is C24H19N3O9. The summed E-state index contributed by atoms with van der Waals surface area (Å²) in [6, 6.07) is 6.01. The lowest BCUT2D eigenvalue weighted by atomic mass is 9.59. The molecule has 6 N–H and O–H groups in total. The van der Waals surface area contributed by atoms with Crippen LogP contribution >= 0.6 is 0 Å². The third kappa shape index (κ3) is 2.97. The average molecular weight is 493 g/mol. The van der Waals surface area contributed by atoms with Crippen molar-refractivity contribution in [3.8, 4) is 17.0 Å². The van der Waals surface area contributed by atoms with Gasteiger partial charge in [-0.2, -0.15) is 0 Å². The number of amides is 1. The van der Waals surface area contributed by atoms with Gasteiger partial charge in [-0.25, -0.2) is 0 Å². The van der Waals surface area contributed by atoms with E-state index in [-0.39, 0.29) is 29.5 Å². The first-order chi connectivity index (χ1) is 17.0. The molecule has 12 nitrogen and oxygen atoms in total. The van der Waals surface area contributed by atoms with Crippen LogP contribution in [0.5, 0.6) is 5.75 Å². The van der Waals surface area contributed by atoms with Gasteiger partial charge in [0.15, 0.2) is 11.4 Å². The Morgan fingerprint density at radius 2 is 1.92 bits per heavy atom. The molecule has 0 bridgehead atoms. The van der Waals surface area contributed by atoms with Crippen molar-refractivity contribution >= 4 is 28.9 Å². The fraction of sp³-hybridized carbons (Fsp3) is 0.250. The summed E-state index contributed by atoms with van der Waals surface area (Å²) in [5.41, 5.74) is 0.957. The molecule has 1 aromatic heterocycles. The Morgan fingerprint density at radius 3 is 2.53 bits per heavy atom. The number of phenols is 1. The summed E-state index contributed by atoms with van der Waals surface area (Å²) in [4.78, 5) is 52.8. The number of nitrogens with zero attached hydrogens (tertiary/aromatic N) is 2. The van der Waals surface area contributed by atoms with Crippen molar-refractivity contribution in [3.63, 3.8) is 0 Å². The van der Waals surface area contributed by atoms with Crippen LogP contribution in [0.3, 0.4) is 0 Å². The van der Waals surface area contributed by atoms with Crippen LogP contribution in [0.25, 0.3) is 17.0 Å². The molecule has 1 heterocycles. The van der Waals surface area contributed by atoms with Gasteiger partial charge >= 0.3 is 5.69 Å². The summed E-state index contributed by atoms with van der Waals surface area (Å²) in [5.74, 6) is -8.08. The van der Waals surface area contributed by atoms with E-state index >= 15 is 0 Å². The summed E-state index contributed by atoms with van der Waals surface area (Å²) >= 11 is 0. The van der Waals surface area contributed by atoms with E-state index in [9.17, 15) is 44.9 Å². The van der Waals surface area contributed by atoms with Crippen LogP contribution in [-0.4, -0.2) is 53.4 Å². The summed E-state index contributed by atoms with van der Waals surface area (Å²) in [7, 11) is 0. The van der Waals surface area contributed by atoms with E-state index in [2.05, 4.69) is 4.98 Å². The third-order valence-electron chi connectivity index (χ3n) is 7.18. The molecule has 3 aliphatic carbocycles. The Balaban J connectivity index is 1.78. The first kappa shape index (κ1) is 23.2. The van der Waals surface area contributed by atoms with Crippen molar-refractivity contribution in [2.75, 3.05) is 0 Å². The molecule has 2 aromatic rings. The largest absolute Gasteiger partial charge is 0.508 e.